The number of hydrogen-bond donors (Lipinski definition) is 0. The Morgan fingerprint density at radius 2 is 1.79 bits per heavy atom. The summed E-state index contributed by atoms with van der Waals surface area (Å²) < 4.78 is 6.01. The molecule has 1 saturated carbocycles. The molecule has 1 aliphatic carbocycles. The Labute approximate surface area is 174 Å². The highest BCUT2D eigenvalue weighted by Gasteiger charge is 2.22. The summed E-state index contributed by atoms with van der Waals surface area (Å²) in [6.07, 6.45) is 2.62. The average molecular weight is 399 g/mol. The molecule has 2 aromatic carbocycles. The number of hydrogen-bond acceptors (Lipinski definition) is 3. The quantitative estimate of drug-likeness (QED) is 0.622. The summed E-state index contributed by atoms with van der Waals surface area (Å²) in [7, 11) is 0. The molecule has 0 aromatic heterocycles. The van der Waals surface area contributed by atoms with E-state index in [1.54, 1.807) is 0 Å². The fourth-order valence-corrected chi connectivity index (χ4v) is 4.23. The molecule has 1 heterocycles. The SMILES string of the molecule is CCN1CCN(c2cc(COCC3CC3)c(Cl)c(-c3ccccc3C)c2)CC1. The fourth-order valence-electron chi connectivity index (χ4n) is 3.97. The summed E-state index contributed by atoms with van der Waals surface area (Å²) in [5.74, 6) is 0.764. The maximum Gasteiger partial charge on any atom is 0.0732 e. The molecule has 1 saturated heterocycles. The number of anilines is 1. The van der Waals surface area contributed by atoms with E-state index in [4.69, 9.17) is 16.3 Å². The summed E-state index contributed by atoms with van der Waals surface area (Å²) >= 11 is 6.90. The zero-order chi connectivity index (χ0) is 19.5. The van der Waals surface area contributed by atoms with Crippen LogP contribution in [0.25, 0.3) is 11.1 Å². The second kappa shape index (κ2) is 8.86. The Hall–Kier alpha value is -1.55. The van der Waals surface area contributed by atoms with Crippen LogP contribution in [0.4, 0.5) is 5.69 Å². The smallest absolute Gasteiger partial charge is 0.0732 e. The standard InChI is InChI=1S/C24H31ClN2O/c1-3-26-10-12-27(13-11-26)21-14-20(17-28-16-19-8-9-19)24(25)23(15-21)22-7-5-4-6-18(22)2/h4-7,14-15,19H,3,8-13,16-17H2,1-2H3. The molecule has 0 radical (unpaired) electrons. The van der Waals surface area contributed by atoms with Gasteiger partial charge in [-0.1, -0.05) is 42.8 Å². The highest BCUT2D eigenvalue weighted by Crippen LogP contribution is 2.38. The molecule has 4 heteroatoms. The van der Waals surface area contributed by atoms with E-state index < -0.39 is 0 Å². The van der Waals surface area contributed by atoms with Crippen molar-refractivity contribution in [3.8, 4) is 11.1 Å². The molecule has 0 N–H and O–H groups in total. The first-order chi connectivity index (χ1) is 13.7. The van der Waals surface area contributed by atoms with Gasteiger partial charge in [0.05, 0.1) is 11.6 Å². The molecule has 4 rings (SSSR count). The zero-order valence-corrected chi connectivity index (χ0v) is 17.8. The summed E-state index contributed by atoms with van der Waals surface area (Å²) in [5, 5.41) is 0.834. The first-order valence-electron chi connectivity index (χ1n) is 10.6. The van der Waals surface area contributed by atoms with Crippen molar-refractivity contribution < 1.29 is 4.74 Å². The third kappa shape index (κ3) is 4.53. The van der Waals surface area contributed by atoms with Crippen molar-refractivity contribution in [2.45, 2.75) is 33.3 Å². The molecule has 150 valence electrons. The first kappa shape index (κ1) is 19.8. The van der Waals surface area contributed by atoms with E-state index in [-0.39, 0.29) is 0 Å². The molecule has 0 unspecified atom stereocenters. The van der Waals surface area contributed by atoms with Crippen LogP contribution in [0.15, 0.2) is 36.4 Å². The van der Waals surface area contributed by atoms with Crippen LogP contribution in [0.5, 0.6) is 0 Å². The molecule has 0 spiro atoms. The summed E-state index contributed by atoms with van der Waals surface area (Å²) in [6.45, 7) is 11.3. The van der Waals surface area contributed by atoms with Gasteiger partial charge in [0.2, 0.25) is 0 Å². The predicted octanol–water partition coefficient (Wildman–Crippen LogP) is 5.38. The third-order valence-electron chi connectivity index (χ3n) is 6.06. The van der Waals surface area contributed by atoms with Crippen LogP contribution in [0.2, 0.25) is 5.02 Å². The van der Waals surface area contributed by atoms with Crippen molar-refractivity contribution in [3.63, 3.8) is 0 Å². The van der Waals surface area contributed by atoms with Crippen LogP contribution in [-0.2, 0) is 11.3 Å². The van der Waals surface area contributed by atoms with Crippen LogP contribution in [0.1, 0.15) is 30.9 Å². The number of nitrogens with zero attached hydrogens (tertiary/aromatic N) is 2. The van der Waals surface area contributed by atoms with Crippen molar-refractivity contribution in [1.82, 2.24) is 4.90 Å². The molecular weight excluding hydrogens is 368 g/mol. The lowest BCUT2D eigenvalue weighted by Gasteiger charge is -2.36. The highest BCUT2D eigenvalue weighted by atomic mass is 35.5. The molecule has 2 aromatic rings. The van der Waals surface area contributed by atoms with Crippen LogP contribution >= 0.6 is 11.6 Å². The normalized spacial score (nSPS) is 17.9. The van der Waals surface area contributed by atoms with Crippen molar-refractivity contribution in [3.05, 3.63) is 52.5 Å². The maximum atomic E-state index is 6.90. The van der Waals surface area contributed by atoms with E-state index in [1.165, 1.54) is 29.7 Å². The molecular formula is C24H31ClN2O. The lowest BCUT2D eigenvalue weighted by atomic mass is 9.97. The van der Waals surface area contributed by atoms with Gasteiger partial charge in [-0.2, -0.15) is 0 Å². The van der Waals surface area contributed by atoms with Gasteiger partial charge >= 0.3 is 0 Å². The number of piperazine rings is 1. The minimum atomic E-state index is 0.594. The number of halogens is 1. The lowest BCUT2D eigenvalue weighted by Crippen LogP contribution is -2.46. The highest BCUT2D eigenvalue weighted by molar-refractivity contribution is 6.34. The first-order valence-corrected chi connectivity index (χ1v) is 11.0. The maximum absolute atomic E-state index is 6.90. The Bertz CT molecular complexity index is 810. The van der Waals surface area contributed by atoms with Crippen molar-refractivity contribution >= 4 is 17.3 Å². The Kier molecular flexibility index (Phi) is 6.25. The number of likely N-dealkylation sites (N-methyl/N-ethyl adjacent to an activating group) is 1. The van der Waals surface area contributed by atoms with Crippen molar-refractivity contribution in [2.75, 3.05) is 44.2 Å². The van der Waals surface area contributed by atoms with Crippen LogP contribution in [-0.4, -0.2) is 44.2 Å². The molecule has 0 amide bonds. The number of ether oxygens (including phenoxy) is 1. The van der Waals surface area contributed by atoms with Gasteiger partial charge in [-0.15, -0.1) is 0 Å². The van der Waals surface area contributed by atoms with E-state index in [1.807, 2.05) is 0 Å². The minimum absolute atomic E-state index is 0.594. The fraction of sp³-hybridized carbons (Fsp3) is 0.500. The van der Waals surface area contributed by atoms with Crippen molar-refractivity contribution in [1.29, 1.82) is 0 Å². The molecule has 2 fully saturated rings. The monoisotopic (exact) mass is 398 g/mol. The van der Waals surface area contributed by atoms with E-state index in [0.29, 0.717) is 6.61 Å². The predicted molar refractivity (Wildman–Crippen MR) is 118 cm³/mol. The molecule has 28 heavy (non-hydrogen) atoms. The van der Waals surface area contributed by atoms with Crippen LogP contribution in [0.3, 0.4) is 0 Å². The summed E-state index contributed by atoms with van der Waals surface area (Å²) in [5.41, 5.74) is 5.96. The van der Waals surface area contributed by atoms with Gasteiger partial charge in [-0.25, -0.2) is 0 Å². The van der Waals surface area contributed by atoms with Gasteiger partial charge in [0.25, 0.3) is 0 Å². The van der Waals surface area contributed by atoms with Gasteiger partial charge < -0.3 is 14.5 Å². The van der Waals surface area contributed by atoms with Gasteiger partial charge in [0.1, 0.15) is 0 Å². The number of aryl methyl sites for hydroxylation is 1. The Morgan fingerprint density at radius 3 is 2.46 bits per heavy atom. The van der Waals surface area contributed by atoms with Gasteiger partial charge in [0.15, 0.2) is 0 Å². The number of rotatable bonds is 7. The molecule has 3 nitrogen and oxygen atoms in total. The lowest BCUT2D eigenvalue weighted by molar-refractivity contribution is 0.111. The van der Waals surface area contributed by atoms with Crippen LogP contribution in [0, 0.1) is 12.8 Å². The van der Waals surface area contributed by atoms with E-state index in [2.05, 4.69) is 60.0 Å². The van der Waals surface area contributed by atoms with Gasteiger partial charge in [-0.3, -0.25) is 0 Å². The van der Waals surface area contributed by atoms with E-state index >= 15 is 0 Å². The third-order valence-corrected chi connectivity index (χ3v) is 6.51. The summed E-state index contributed by atoms with van der Waals surface area (Å²) in [6, 6.07) is 13.0. The molecule has 0 bridgehead atoms. The minimum Gasteiger partial charge on any atom is -0.376 e. The van der Waals surface area contributed by atoms with E-state index in [9.17, 15) is 0 Å². The zero-order valence-electron chi connectivity index (χ0n) is 17.1. The molecule has 2 aliphatic rings. The second-order valence-corrected chi connectivity index (χ2v) is 8.54. The largest absolute Gasteiger partial charge is 0.376 e. The van der Waals surface area contributed by atoms with Gasteiger partial charge in [0, 0.05) is 44.0 Å². The second-order valence-electron chi connectivity index (χ2n) is 8.16. The average Bonchev–Trinajstić information content (AvgIpc) is 3.54. The summed E-state index contributed by atoms with van der Waals surface area (Å²) in [4.78, 5) is 5.00. The topological polar surface area (TPSA) is 15.7 Å². The Balaban J connectivity index is 1.64. The van der Waals surface area contributed by atoms with E-state index in [0.717, 1.165) is 61.4 Å². The number of benzene rings is 2. The molecule has 0 atom stereocenters. The van der Waals surface area contributed by atoms with Crippen LogP contribution < -0.4 is 4.90 Å². The van der Waals surface area contributed by atoms with Gasteiger partial charge in [-0.05, 0) is 61.1 Å². The molecule has 1 aliphatic heterocycles. The Morgan fingerprint density at radius 1 is 1.04 bits per heavy atom. The van der Waals surface area contributed by atoms with Crippen molar-refractivity contribution in [2.24, 2.45) is 5.92 Å².